The third-order valence-corrected chi connectivity index (χ3v) is 3.77. The number of rotatable bonds is 2. The van der Waals surface area contributed by atoms with Crippen molar-refractivity contribution in [1.29, 1.82) is 0 Å². The fourth-order valence-electron chi connectivity index (χ4n) is 2.68. The van der Waals surface area contributed by atoms with Crippen molar-refractivity contribution in [3.8, 4) is 5.75 Å². The van der Waals surface area contributed by atoms with Crippen LogP contribution < -0.4 is 10.1 Å². The SMILES string of the molecule is COc1ccc(NC(=O)N2[C@@H](C)CCC[C@@H]2C)cc1. The van der Waals surface area contributed by atoms with Gasteiger partial charge >= 0.3 is 6.03 Å². The summed E-state index contributed by atoms with van der Waals surface area (Å²) in [7, 11) is 1.63. The summed E-state index contributed by atoms with van der Waals surface area (Å²) >= 11 is 0. The van der Waals surface area contributed by atoms with Gasteiger partial charge in [-0.1, -0.05) is 0 Å². The topological polar surface area (TPSA) is 41.6 Å². The number of hydrogen-bond acceptors (Lipinski definition) is 2. The lowest BCUT2D eigenvalue weighted by atomic mass is 9.98. The minimum Gasteiger partial charge on any atom is -0.497 e. The average molecular weight is 262 g/mol. The molecular weight excluding hydrogens is 240 g/mol. The van der Waals surface area contributed by atoms with E-state index >= 15 is 0 Å². The Morgan fingerprint density at radius 3 is 2.32 bits per heavy atom. The molecule has 2 rings (SSSR count). The average Bonchev–Trinajstić information content (AvgIpc) is 2.39. The summed E-state index contributed by atoms with van der Waals surface area (Å²) in [4.78, 5) is 14.3. The molecule has 2 atom stereocenters. The van der Waals surface area contributed by atoms with Crippen molar-refractivity contribution in [2.75, 3.05) is 12.4 Å². The van der Waals surface area contributed by atoms with Crippen molar-refractivity contribution in [3.63, 3.8) is 0 Å². The monoisotopic (exact) mass is 262 g/mol. The molecule has 0 spiro atoms. The molecule has 1 N–H and O–H groups in total. The standard InChI is InChI=1S/C15H22N2O2/c1-11-5-4-6-12(2)17(11)15(18)16-13-7-9-14(19-3)10-8-13/h7-12H,4-6H2,1-3H3,(H,16,18)/t11-,12-/m0/s1. The van der Waals surface area contributed by atoms with E-state index in [9.17, 15) is 4.79 Å². The van der Waals surface area contributed by atoms with Crippen molar-refractivity contribution in [3.05, 3.63) is 24.3 Å². The largest absolute Gasteiger partial charge is 0.497 e. The predicted molar refractivity (Wildman–Crippen MR) is 76.6 cm³/mol. The van der Waals surface area contributed by atoms with E-state index in [1.54, 1.807) is 7.11 Å². The molecule has 1 aliphatic rings. The summed E-state index contributed by atoms with van der Waals surface area (Å²) in [6.07, 6.45) is 3.37. The van der Waals surface area contributed by atoms with Crippen LogP contribution in [0.1, 0.15) is 33.1 Å². The van der Waals surface area contributed by atoms with Gasteiger partial charge in [-0.15, -0.1) is 0 Å². The molecule has 4 heteroatoms. The number of ether oxygens (including phenoxy) is 1. The number of piperidine rings is 1. The number of benzene rings is 1. The molecular formula is C15H22N2O2. The van der Waals surface area contributed by atoms with Crippen LogP contribution in [0, 0.1) is 0 Å². The number of carbonyl (C=O) groups excluding carboxylic acids is 1. The van der Waals surface area contributed by atoms with Crippen LogP contribution >= 0.6 is 0 Å². The van der Waals surface area contributed by atoms with Crippen molar-refractivity contribution in [2.45, 2.75) is 45.2 Å². The van der Waals surface area contributed by atoms with Gasteiger partial charge in [0.15, 0.2) is 0 Å². The predicted octanol–water partition coefficient (Wildman–Crippen LogP) is 3.49. The van der Waals surface area contributed by atoms with E-state index < -0.39 is 0 Å². The molecule has 1 aliphatic heterocycles. The number of methoxy groups -OCH3 is 1. The second-order valence-electron chi connectivity index (χ2n) is 5.19. The summed E-state index contributed by atoms with van der Waals surface area (Å²) in [5.74, 6) is 0.790. The fraction of sp³-hybridized carbons (Fsp3) is 0.533. The number of likely N-dealkylation sites (tertiary alicyclic amines) is 1. The zero-order valence-electron chi connectivity index (χ0n) is 11.8. The highest BCUT2D eigenvalue weighted by Crippen LogP contribution is 2.24. The molecule has 0 radical (unpaired) electrons. The van der Waals surface area contributed by atoms with Crippen LogP contribution in [0.15, 0.2) is 24.3 Å². The van der Waals surface area contributed by atoms with Gasteiger partial charge in [-0.05, 0) is 57.4 Å². The number of anilines is 1. The van der Waals surface area contributed by atoms with Gasteiger partial charge in [-0.25, -0.2) is 4.79 Å². The van der Waals surface area contributed by atoms with Gasteiger partial charge in [0, 0.05) is 17.8 Å². The maximum Gasteiger partial charge on any atom is 0.322 e. The molecule has 4 nitrogen and oxygen atoms in total. The van der Waals surface area contributed by atoms with Crippen molar-refractivity contribution in [2.24, 2.45) is 0 Å². The maximum atomic E-state index is 12.3. The Morgan fingerprint density at radius 2 is 1.79 bits per heavy atom. The quantitative estimate of drug-likeness (QED) is 0.886. The smallest absolute Gasteiger partial charge is 0.322 e. The van der Waals surface area contributed by atoms with Crippen molar-refractivity contribution >= 4 is 11.7 Å². The Bertz CT molecular complexity index is 420. The van der Waals surface area contributed by atoms with E-state index in [1.165, 1.54) is 6.42 Å². The van der Waals surface area contributed by atoms with E-state index in [0.717, 1.165) is 24.3 Å². The van der Waals surface area contributed by atoms with Crippen molar-refractivity contribution in [1.82, 2.24) is 4.90 Å². The minimum absolute atomic E-state index is 0.00938. The van der Waals surface area contributed by atoms with Crippen LogP contribution in [0.2, 0.25) is 0 Å². The number of amides is 2. The first kappa shape index (κ1) is 13.7. The molecule has 1 fully saturated rings. The molecule has 0 saturated carbocycles. The van der Waals surface area contributed by atoms with Crippen LogP contribution in [0.3, 0.4) is 0 Å². The highest BCUT2D eigenvalue weighted by molar-refractivity contribution is 5.89. The number of nitrogens with one attached hydrogen (secondary N) is 1. The summed E-state index contributed by atoms with van der Waals surface area (Å²) in [5.41, 5.74) is 0.802. The van der Waals surface area contributed by atoms with Gasteiger partial charge < -0.3 is 15.0 Å². The number of hydrogen-bond donors (Lipinski definition) is 1. The first-order valence-electron chi connectivity index (χ1n) is 6.85. The number of carbonyl (C=O) groups is 1. The Labute approximate surface area is 114 Å². The van der Waals surface area contributed by atoms with Crippen LogP contribution in [0.4, 0.5) is 10.5 Å². The van der Waals surface area contributed by atoms with Crippen LogP contribution in [0.25, 0.3) is 0 Å². The van der Waals surface area contributed by atoms with E-state index in [4.69, 9.17) is 4.74 Å². The van der Waals surface area contributed by atoms with Gasteiger partial charge in [0.2, 0.25) is 0 Å². The maximum absolute atomic E-state index is 12.3. The zero-order valence-corrected chi connectivity index (χ0v) is 11.8. The number of nitrogens with zero attached hydrogens (tertiary/aromatic N) is 1. The molecule has 0 aliphatic carbocycles. The second-order valence-corrected chi connectivity index (χ2v) is 5.19. The number of urea groups is 1. The Balaban J connectivity index is 2.02. The third kappa shape index (κ3) is 3.19. The third-order valence-electron chi connectivity index (χ3n) is 3.77. The highest BCUT2D eigenvalue weighted by atomic mass is 16.5. The molecule has 0 aromatic heterocycles. The first-order chi connectivity index (χ1) is 9.11. The molecule has 0 unspecified atom stereocenters. The lowest BCUT2D eigenvalue weighted by molar-refractivity contribution is 0.133. The molecule has 1 heterocycles. The second kappa shape index (κ2) is 5.95. The van der Waals surface area contributed by atoms with Gasteiger partial charge in [0.1, 0.15) is 5.75 Å². The van der Waals surface area contributed by atoms with Gasteiger partial charge in [0.05, 0.1) is 7.11 Å². The Morgan fingerprint density at radius 1 is 1.21 bits per heavy atom. The van der Waals surface area contributed by atoms with Gasteiger partial charge in [-0.2, -0.15) is 0 Å². The van der Waals surface area contributed by atoms with E-state index in [1.807, 2.05) is 29.2 Å². The molecule has 1 aromatic rings. The molecule has 1 saturated heterocycles. The summed E-state index contributed by atoms with van der Waals surface area (Å²) in [6.45, 7) is 4.23. The Hall–Kier alpha value is -1.71. The molecule has 104 valence electrons. The van der Waals surface area contributed by atoms with E-state index in [2.05, 4.69) is 19.2 Å². The first-order valence-corrected chi connectivity index (χ1v) is 6.85. The van der Waals surface area contributed by atoms with Crippen LogP contribution in [-0.4, -0.2) is 30.1 Å². The minimum atomic E-state index is -0.00938. The molecule has 19 heavy (non-hydrogen) atoms. The summed E-state index contributed by atoms with van der Waals surface area (Å²) in [5, 5.41) is 2.96. The highest BCUT2D eigenvalue weighted by Gasteiger charge is 2.28. The van der Waals surface area contributed by atoms with Crippen LogP contribution in [0.5, 0.6) is 5.75 Å². The Kier molecular flexibility index (Phi) is 4.30. The van der Waals surface area contributed by atoms with Crippen molar-refractivity contribution < 1.29 is 9.53 Å². The fourth-order valence-corrected chi connectivity index (χ4v) is 2.68. The molecule has 0 bridgehead atoms. The summed E-state index contributed by atoms with van der Waals surface area (Å²) in [6, 6.07) is 8.01. The van der Waals surface area contributed by atoms with E-state index in [0.29, 0.717) is 12.1 Å². The normalized spacial score (nSPS) is 23.0. The lowest BCUT2D eigenvalue weighted by Gasteiger charge is -2.38. The van der Waals surface area contributed by atoms with Gasteiger partial charge in [-0.3, -0.25) is 0 Å². The molecule has 1 aromatic carbocycles. The van der Waals surface area contributed by atoms with Gasteiger partial charge in [0.25, 0.3) is 0 Å². The lowest BCUT2D eigenvalue weighted by Crippen LogP contribution is -2.49. The summed E-state index contributed by atoms with van der Waals surface area (Å²) < 4.78 is 5.10. The zero-order chi connectivity index (χ0) is 13.8. The molecule has 2 amide bonds. The van der Waals surface area contributed by atoms with Crippen LogP contribution in [-0.2, 0) is 0 Å². The van der Waals surface area contributed by atoms with E-state index in [-0.39, 0.29) is 6.03 Å².